The van der Waals surface area contributed by atoms with Gasteiger partial charge in [0.25, 0.3) is 10.0 Å². The predicted octanol–water partition coefficient (Wildman–Crippen LogP) is 1.38. The fraction of sp³-hybridized carbons (Fsp3) is 0.579. The number of carbonyl (C=O) groups excluding carboxylic acids is 1. The molecule has 1 amide bonds. The standard InChI is InChI=1S/C19H26N4O3S.ClH/c1-2-3-7-16(19(24)23-11-13-9-20-10-14(13)12-23)21-18-15-6-4-5-8-17(15)27(25,26)22-18;/h4-6,8,13-14,16,20H,2-3,7,9-12H2,1H3,(H,21,22);1H/t13-,14+,16?;. The summed E-state index contributed by atoms with van der Waals surface area (Å²) >= 11 is 0. The number of carbonyl (C=O) groups is 1. The summed E-state index contributed by atoms with van der Waals surface area (Å²) < 4.78 is 27.2. The van der Waals surface area contributed by atoms with Crippen molar-refractivity contribution in [3.8, 4) is 0 Å². The highest BCUT2D eigenvalue weighted by Crippen LogP contribution is 2.28. The fourth-order valence-electron chi connectivity index (χ4n) is 4.27. The van der Waals surface area contributed by atoms with E-state index in [1.54, 1.807) is 24.3 Å². The van der Waals surface area contributed by atoms with Crippen LogP contribution in [-0.2, 0) is 14.8 Å². The van der Waals surface area contributed by atoms with Crippen LogP contribution in [0.25, 0.3) is 0 Å². The van der Waals surface area contributed by atoms with E-state index < -0.39 is 16.1 Å². The molecule has 1 aromatic rings. The molecule has 3 atom stereocenters. The Morgan fingerprint density at radius 3 is 2.61 bits per heavy atom. The van der Waals surface area contributed by atoms with Crippen LogP contribution in [0.15, 0.2) is 34.2 Å². The number of fused-ring (bicyclic) bond motifs is 2. The Hall–Kier alpha value is -1.64. The SMILES string of the molecule is CCCCC(N=C1NS(=O)(=O)c2ccccc21)C(=O)N1C[C@H]2CNC[C@H]2C1.Cl. The lowest BCUT2D eigenvalue weighted by Crippen LogP contribution is -2.39. The molecule has 0 aliphatic carbocycles. The molecule has 4 rings (SSSR count). The number of nitrogens with one attached hydrogen (secondary N) is 2. The number of hydrogen-bond acceptors (Lipinski definition) is 5. The molecule has 3 aliphatic heterocycles. The highest BCUT2D eigenvalue weighted by atomic mass is 35.5. The Balaban J connectivity index is 0.00000225. The largest absolute Gasteiger partial charge is 0.340 e. The third-order valence-corrected chi connectivity index (χ3v) is 7.16. The van der Waals surface area contributed by atoms with Gasteiger partial charge in [0.2, 0.25) is 5.91 Å². The van der Waals surface area contributed by atoms with Crippen molar-refractivity contribution in [2.45, 2.75) is 37.1 Å². The van der Waals surface area contributed by atoms with Gasteiger partial charge in [-0.25, -0.2) is 8.42 Å². The minimum atomic E-state index is -3.59. The molecule has 0 spiro atoms. The third-order valence-electron chi connectivity index (χ3n) is 5.77. The average molecular weight is 427 g/mol. The van der Waals surface area contributed by atoms with E-state index in [1.807, 2.05) is 4.90 Å². The van der Waals surface area contributed by atoms with Gasteiger partial charge in [-0.2, -0.15) is 0 Å². The first kappa shape index (κ1) is 21.1. The van der Waals surface area contributed by atoms with Gasteiger partial charge in [-0.1, -0.05) is 31.9 Å². The number of unbranched alkanes of at least 4 members (excludes halogenated alkanes) is 1. The summed E-state index contributed by atoms with van der Waals surface area (Å²) in [6.07, 6.45) is 2.47. The van der Waals surface area contributed by atoms with Crippen LogP contribution in [0.2, 0.25) is 0 Å². The molecule has 154 valence electrons. The first-order valence-corrected chi connectivity index (χ1v) is 11.2. The van der Waals surface area contributed by atoms with Crippen LogP contribution in [0.1, 0.15) is 31.7 Å². The maximum atomic E-state index is 13.2. The molecule has 9 heteroatoms. The Morgan fingerprint density at radius 1 is 1.25 bits per heavy atom. The minimum absolute atomic E-state index is 0. The van der Waals surface area contributed by atoms with Crippen molar-refractivity contribution in [3.05, 3.63) is 29.8 Å². The van der Waals surface area contributed by atoms with E-state index >= 15 is 0 Å². The summed E-state index contributed by atoms with van der Waals surface area (Å²) in [6.45, 7) is 5.55. The van der Waals surface area contributed by atoms with E-state index in [4.69, 9.17) is 0 Å². The summed E-state index contributed by atoms with van der Waals surface area (Å²) in [7, 11) is -3.59. The zero-order valence-corrected chi connectivity index (χ0v) is 17.6. The van der Waals surface area contributed by atoms with Crippen molar-refractivity contribution in [3.63, 3.8) is 0 Å². The normalized spacial score (nSPS) is 27.0. The second kappa shape index (κ2) is 8.39. The molecular weight excluding hydrogens is 400 g/mol. The first-order valence-electron chi connectivity index (χ1n) is 9.69. The van der Waals surface area contributed by atoms with Gasteiger partial charge in [0.15, 0.2) is 0 Å². The second-order valence-corrected chi connectivity index (χ2v) is 9.31. The van der Waals surface area contributed by atoms with Gasteiger partial charge in [-0.05, 0) is 30.4 Å². The molecule has 2 N–H and O–H groups in total. The smallest absolute Gasteiger partial charge is 0.263 e. The van der Waals surface area contributed by atoms with Gasteiger partial charge in [0.05, 0.1) is 4.90 Å². The van der Waals surface area contributed by atoms with Crippen LogP contribution in [-0.4, -0.2) is 57.3 Å². The van der Waals surface area contributed by atoms with Gasteiger partial charge in [0.1, 0.15) is 11.9 Å². The Labute approximate surface area is 172 Å². The number of rotatable bonds is 5. The van der Waals surface area contributed by atoms with Crippen LogP contribution in [0.5, 0.6) is 0 Å². The van der Waals surface area contributed by atoms with E-state index in [-0.39, 0.29) is 23.2 Å². The number of amides is 1. The highest BCUT2D eigenvalue weighted by Gasteiger charge is 2.40. The van der Waals surface area contributed by atoms with Crippen LogP contribution < -0.4 is 10.0 Å². The van der Waals surface area contributed by atoms with Gasteiger partial charge in [-0.3, -0.25) is 14.5 Å². The molecule has 3 aliphatic rings. The van der Waals surface area contributed by atoms with E-state index in [0.717, 1.165) is 39.0 Å². The molecule has 0 radical (unpaired) electrons. The number of sulfonamides is 1. The minimum Gasteiger partial charge on any atom is -0.340 e. The molecule has 0 aromatic heterocycles. The zero-order chi connectivity index (χ0) is 19.0. The van der Waals surface area contributed by atoms with E-state index in [9.17, 15) is 13.2 Å². The summed E-state index contributed by atoms with van der Waals surface area (Å²) in [5.41, 5.74) is 0.550. The van der Waals surface area contributed by atoms with Crippen molar-refractivity contribution < 1.29 is 13.2 Å². The monoisotopic (exact) mass is 426 g/mol. The summed E-state index contributed by atoms with van der Waals surface area (Å²) in [5.74, 6) is 1.37. The third kappa shape index (κ3) is 3.90. The Kier molecular flexibility index (Phi) is 6.31. The number of halogens is 1. The van der Waals surface area contributed by atoms with Crippen molar-refractivity contribution in [1.29, 1.82) is 0 Å². The molecular formula is C19H27ClN4O3S. The molecule has 1 aromatic carbocycles. The number of likely N-dealkylation sites (tertiary alicyclic amines) is 1. The predicted molar refractivity (Wildman–Crippen MR) is 110 cm³/mol. The van der Waals surface area contributed by atoms with Gasteiger partial charge in [-0.15, -0.1) is 12.4 Å². The average Bonchev–Trinajstić information content (AvgIpc) is 3.31. The quantitative estimate of drug-likeness (QED) is 0.744. The van der Waals surface area contributed by atoms with Crippen LogP contribution in [0.4, 0.5) is 0 Å². The summed E-state index contributed by atoms with van der Waals surface area (Å²) in [4.78, 5) is 19.9. The summed E-state index contributed by atoms with van der Waals surface area (Å²) in [6, 6.07) is 6.24. The Bertz CT molecular complexity index is 862. The maximum Gasteiger partial charge on any atom is 0.263 e. The molecule has 0 bridgehead atoms. The zero-order valence-electron chi connectivity index (χ0n) is 15.9. The first-order chi connectivity index (χ1) is 13.0. The van der Waals surface area contributed by atoms with Gasteiger partial charge in [0, 0.05) is 31.7 Å². The maximum absolute atomic E-state index is 13.2. The molecule has 2 saturated heterocycles. The van der Waals surface area contributed by atoms with Crippen LogP contribution in [0, 0.1) is 11.8 Å². The number of amidine groups is 1. The van der Waals surface area contributed by atoms with Crippen molar-refractivity contribution in [2.75, 3.05) is 26.2 Å². The molecule has 28 heavy (non-hydrogen) atoms. The lowest BCUT2D eigenvalue weighted by molar-refractivity contribution is -0.131. The Morgan fingerprint density at radius 2 is 1.93 bits per heavy atom. The topological polar surface area (TPSA) is 90.9 Å². The van der Waals surface area contributed by atoms with Gasteiger partial charge < -0.3 is 10.2 Å². The number of benzene rings is 1. The molecule has 2 fully saturated rings. The van der Waals surface area contributed by atoms with Crippen molar-refractivity contribution in [1.82, 2.24) is 14.9 Å². The van der Waals surface area contributed by atoms with Gasteiger partial charge >= 0.3 is 0 Å². The summed E-state index contributed by atoms with van der Waals surface area (Å²) in [5, 5.41) is 3.38. The van der Waals surface area contributed by atoms with E-state index in [1.165, 1.54) is 0 Å². The van der Waals surface area contributed by atoms with Crippen molar-refractivity contribution in [2.24, 2.45) is 16.8 Å². The molecule has 1 unspecified atom stereocenters. The van der Waals surface area contributed by atoms with Crippen LogP contribution in [0.3, 0.4) is 0 Å². The lowest BCUT2D eigenvalue weighted by atomic mass is 10.0. The lowest BCUT2D eigenvalue weighted by Gasteiger charge is -2.22. The second-order valence-electron chi connectivity index (χ2n) is 7.66. The molecule has 3 heterocycles. The molecule has 7 nitrogen and oxygen atoms in total. The van der Waals surface area contributed by atoms with E-state index in [2.05, 4.69) is 22.0 Å². The number of aliphatic imine (C=N–C) groups is 1. The number of hydrogen-bond donors (Lipinski definition) is 2. The number of nitrogens with zero attached hydrogens (tertiary/aromatic N) is 2. The fourth-order valence-corrected chi connectivity index (χ4v) is 5.51. The van der Waals surface area contributed by atoms with Crippen LogP contribution >= 0.6 is 12.4 Å². The van der Waals surface area contributed by atoms with E-state index in [0.29, 0.717) is 29.7 Å². The molecule has 0 saturated carbocycles. The highest BCUT2D eigenvalue weighted by molar-refractivity contribution is 7.90. The van der Waals surface area contributed by atoms with Crippen molar-refractivity contribution >= 4 is 34.2 Å².